The van der Waals surface area contributed by atoms with Gasteiger partial charge in [-0.2, -0.15) is 0 Å². The molecule has 1 aliphatic rings. The van der Waals surface area contributed by atoms with Crippen molar-refractivity contribution < 1.29 is 4.79 Å². The Balaban J connectivity index is 2.08. The van der Waals surface area contributed by atoms with Crippen LogP contribution < -0.4 is 0 Å². The molecule has 0 amide bonds. The van der Waals surface area contributed by atoms with E-state index in [0.717, 1.165) is 18.4 Å². The first-order chi connectivity index (χ1) is 7.59. The molecule has 0 spiro atoms. The quantitative estimate of drug-likeness (QED) is 0.756. The zero-order valence-corrected chi connectivity index (χ0v) is 11.6. The highest BCUT2D eigenvalue weighted by Gasteiger charge is 2.33. The Kier molecular flexibility index (Phi) is 3.93. The molecule has 16 heavy (non-hydrogen) atoms. The molecular weight excluding hydrogens is 311 g/mol. The molecule has 1 nitrogen and oxygen atoms in total. The van der Waals surface area contributed by atoms with Gasteiger partial charge in [-0.05, 0) is 30.9 Å². The summed E-state index contributed by atoms with van der Waals surface area (Å²) in [5, 5.41) is 1.09. The Labute approximate surface area is 113 Å². The normalized spacial score (nSPS) is 17.2. The number of ketones is 1. The summed E-state index contributed by atoms with van der Waals surface area (Å²) >= 11 is 15.4. The molecule has 1 fully saturated rings. The summed E-state index contributed by atoms with van der Waals surface area (Å²) < 4.78 is 0. The van der Waals surface area contributed by atoms with E-state index in [9.17, 15) is 4.79 Å². The van der Waals surface area contributed by atoms with Gasteiger partial charge in [-0.1, -0.05) is 51.3 Å². The van der Waals surface area contributed by atoms with E-state index in [1.165, 1.54) is 0 Å². The molecule has 1 unspecified atom stereocenters. The van der Waals surface area contributed by atoms with Crippen molar-refractivity contribution in [1.29, 1.82) is 0 Å². The predicted molar refractivity (Wildman–Crippen MR) is 70.6 cm³/mol. The van der Waals surface area contributed by atoms with Crippen molar-refractivity contribution in [3.8, 4) is 0 Å². The van der Waals surface area contributed by atoms with Crippen molar-refractivity contribution in [3.05, 3.63) is 33.8 Å². The van der Waals surface area contributed by atoms with Crippen LogP contribution in [0.4, 0.5) is 0 Å². The monoisotopic (exact) mass is 320 g/mol. The Morgan fingerprint density at radius 2 is 2.12 bits per heavy atom. The minimum atomic E-state index is -0.143. The number of carbonyl (C=O) groups is 1. The highest BCUT2D eigenvalue weighted by Crippen LogP contribution is 2.34. The molecule has 0 bridgehead atoms. The number of hydrogen-bond donors (Lipinski definition) is 0. The number of hydrogen-bond acceptors (Lipinski definition) is 1. The third kappa shape index (κ3) is 2.79. The average molecular weight is 322 g/mol. The lowest BCUT2D eigenvalue weighted by molar-refractivity contribution is -0.119. The van der Waals surface area contributed by atoms with Crippen molar-refractivity contribution >= 4 is 44.9 Å². The largest absolute Gasteiger partial charge is 0.298 e. The number of Topliss-reactive ketones (excluding diaryl/α,β-unsaturated/α-hetero) is 1. The summed E-state index contributed by atoms with van der Waals surface area (Å²) in [6.45, 7) is 0. The maximum Gasteiger partial charge on any atom is 0.149 e. The predicted octanol–water partition coefficient (Wildman–Crippen LogP) is 4.28. The molecule has 0 saturated heterocycles. The smallest absolute Gasteiger partial charge is 0.149 e. The molecule has 0 aromatic heterocycles. The van der Waals surface area contributed by atoms with Crippen LogP contribution in [0.2, 0.25) is 10.0 Å². The Morgan fingerprint density at radius 1 is 1.44 bits per heavy atom. The van der Waals surface area contributed by atoms with Crippen molar-refractivity contribution in [2.45, 2.75) is 24.1 Å². The van der Waals surface area contributed by atoms with Gasteiger partial charge in [-0.25, -0.2) is 0 Å². The number of rotatable bonds is 4. The van der Waals surface area contributed by atoms with Crippen LogP contribution in [-0.4, -0.2) is 10.6 Å². The Bertz CT molecular complexity index is 415. The fraction of sp³-hybridized carbons (Fsp3) is 0.417. The summed E-state index contributed by atoms with van der Waals surface area (Å²) in [5.74, 6) is 0.554. The zero-order valence-electron chi connectivity index (χ0n) is 8.55. The van der Waals surface area contributed by atoms with E-state index < -0.39 is 0 Å². The van der Waals surface area contributed by atoms with Crippen LogP contribution in [0.3, 0.4) is 0 Å². The SMILES string of the molecule is O=C(C(Br)Cc1cccc(Cl)c1Cl)C1CC1. The van der Waals surface area contributed by atoms with E-state index in [1.807, 2.05) is 12.1 Å². The molecule has 4 heteroatoms. The molecule has 1 aromatic rings. The van der Waals surface area contributed by atoms with Crippen LogP contribution in [0, 0.1) is 5.92 Å². The molecule has 0 heterocycles. The van der Waals surface area contributed by atoms with E-state index >= 15 is 0 Å². The molecule has 1 aromatic carbocycles. The lowest BCUT2D eigenvalue weighted by Gasteiger charge is -2.10. The third-order valence-corrected chi connectivity index (χ3v) is 4.35. The fourth-order valence-electron chi connectivity index (χ4n) is 1.62. The third-order valence-electron chi connectivity index (χ3n) is 2.72. The molecule has 1 saturated carbocycles. The fourth-order valence-corrected chi connectivity index (χ4v) is 2.74. The van der Waals surface area contributed by atoms with Crippen molar-refractivity contribution in [1.82, 2.24) is 0 Å². The van der Waals surface area contributed by atoms with Crippen molar-refractivity contribution in [2.24, 2.45) is 5.92 Å². The summed E-state index contributed by atoms with van der Waals surface area (Å²) in [4.78, 5) is 11.6. The molecule has 0 radical (unpaired) electrons. The summed E-state index contributed by atoms with van der Waals surface area (Å²) in [6.07, 6.45) is 2.67. The molecule has 1 atom stereocenters. The van der Waals surface area contributed by atoms with E-state index in [4.69, 9.17) is 23.2 Å². The second kappa shape index (κ2) is 5.07. The maximum atomic E-state index is 11.8. The first-order valence-electron chi connectivity index (χ1n) is 5.20. The number of carbonyl (C=O) groups excluding carboxylic acids is 1. The lowest BCUT2D eigenvalue weighted by Crippen LogP contribution is -2.18. The van der Waals surface area contributed by atoms with Crippen molar-refractivity contribution in [2.75, 3.05) is 0 Å². The molecular formula is C12H11BrCl2O. The Morgan fingerprint density at radius 3 is 2.75 bits per heavy atom. The van der Waals surface area contributed by atoms with Gasteiger partial charge in [0.2, 0.25) is 0 Å². The number of halogens is 3. The Hall–Kier alpha value is -0.0500. The summed E-state index contributed by atoms with van der Waals surface area (Å²) in [5.41, 5.74) is 0.921. The minimum Gasteiger partial charge on any atom is -0.298 e. The molecule has 0 aliphatic heterocycles. The van der Waals surface area contributed by atoms with Gasteiger partial charge in [-0.15, -0.1) is 0 Å². The zero-order chi connectivity index (χ0) is 11.7. The van der Waals surface area contributed by atoms with E-state index in [0.29, 0.717) is 16.5 Å². The standard InChI is InChI=1S/C12H11BrCl2O/c13-9(12(16)7-4-5-7)6-8-2-1-3-10(14)11(8)15/h1-3,7,9H,4-6H2. The van der Waals surface area contributed by atoms with Crippen LogP contribution in [0.5, 0.6) is 0 Å². The first-order valence-corrected chi connectivity index (χ1v) is 6.87. The lowest BCUT2D eigenvalue weighted by atomic mass is 10.1. The minimum absolute atomic E-state index is 0.143. The second-order valence-electron chi connectivity index (χ2n) is 4.06. The number of benzene rings is 1. The van der Waals surface area contributed by atoms with Crippen LogP contribution >= 0.6 is 39.1 Å². The number of alkyl halides is 1. The van der Waals surface area contributed by atoms with Gasteiger partial charge >= 0.3 is 0 Å². The average Bonchev–Trinajstić information content (AvgIpc) is 3.07. The van der Waals surface area contributed by atoms with E-state index in [-0.39, 0.29) is 16.5 Å². The van der Waals surface area contributed by atoms with Crippen LogP contribution in [0.25, 0.3) is 0 Å². The molecule has 2 rings (SSSR count). The van der Waals surface area contributed by atoms with Crippen molar-refractivity contribution in [3.63, 3.8) is 0 Å². The van der Waals surface area contributed by atoms with Gasteiger partial charge in [0.05, 0.1) is 14.9 Å². The van der Waals surface area contributed by atoms with Gasteiger partial charge in [0, 0.05) is 5.92 Å². The first kappa shape index (κ1) is 12.4. The molecule has 0 N–H and O–H groups in total. The van der Waals surface area contributed by atoms with Crippen LogP contribution in [0.1, 0.15) is 18.4 Å². The topological polar surface area (TPSA) is 17.1 Å². The highest BCUT2D eigenvalue weighted by atomic mass is 79.9. The van der Waals surface area contributed by atoms with E-state index in [1.54, 1.807) is 6.07 Å². The van der Waals surface area contributed by atoms with Crippen LogP contribution in [0.15, 0.2) is 18.2 Å². The van der Waals surface area contributed by atoms with Gasteiger partial charge in [0.25, 0.3) is 0 Å². The molecule has 1 aliphatic carbocycles. The van der Waals surface area contributed by atoms with Crippen LogP contribution in [-0.2, 0) is 11.2 Å². The van der Waals surface area contributed by atoms with E-state index in [2.05, 4.69) is 15.9 Å². The van der Waals surface area contributed by atoms with Gasteiger partial charge in [0.15, 0.2) is 0 Å². The van der Waals surface area contributed by atoms with Gasteiger partial charge in [-0.3, -0.25) is 4.79 Å². The summed E-state index contributed by atoms with van der Waals surface area (Å²) in [7, 11) is 0. The summed E-state index contributed by atoms with van der Waals surface area (Å²) in [6, 6.07) is 5.51. The van der Waals surface area contributed by atoms with Gasteiger partial charge in [0.1, 0.15) is 5.78 Å². The molecule has 86 valence electrons. The highest BCUT2D eigenvalue weighted by molar-refractivity contribution is 9.10. The maximum absolute atomic E-state index is 11.8. The van der Waals surface area contributed by atoms with Gasteiger partial charge < -0.3 is 0 Å². The second-order valence-corrected chi connectivity index (χ2v) is 5.95.